The molecule has 0 amide bonds. The minimum atomic E-state index is -0.103. The van der Waals surface area contributed by atoms with Gasteiger partial charge in [-0.3, -0.25) is 4.90 Å². The highest BCUT2D eigenvalue weighted by Crippen LogP contribution is 2.28. The first-order valence-electron chi connectivity index (χ1n) is 6.86. The van der Waals surface area contributed by atoms with E-state index in [4.69, 9.17) is 15.2 Å². The minimum Gasteiger partial charge on any atom is -0.352 e. The van der Waals surface area contributed by atoms with E-state index in [2.05, 4.69) is 11.9 Å². The molecule has 0 aromatic heterocycles. The molecule has 1 aliphatic rings. The second-order valence-corrected chi connectivity index (χ2v) is 4.77. The lowest BCUT2D eigenvalue weighted by Gasteiger charge is -2.31. The van der Waals surface area contributed by atoms with E-state index < -0.39 is 0 Å². The monoisotopic (exact) mass is 244 g/mol. The summed E-state index contributed by atoms with van der Waals surface area (Å²) in [4.78, 5) is 2.36. The Kier molecular flexibility index (Phi) is 7.04. The van der Waals surface area contributed by atoms with Crippen molar-refractivity contribution in [2.75, 3.05) is 33.4 Å². The van der Waals surface area contributed by atoms with Gasteiger partial charge in [-0.25, -0.2) is 0 Å². The van der Waals surface area contributed by atoms with Gasteiger partial charge in [-0.2, -0.15) is 0 Å². The topological polar surface area (TPSA) is 47.7 Å². The van der Waals surface area contributed by atoms with Gasteiger partial charge in [0, 0.05) is 25.8 Å². The summed E-state index contributed by atoms with van der Waals surface area (Å²) in [6.45, 7) is 7.04. The Bertz CT molecular complexity index is 196. The maximum absolute atomic E-state index is 5.82. The Balaban J connectivity index is 2.42. The standard InChI is InChI=1S/C13H28N2O2/c1-4-16-13(17-5-2)10-15(3)12-8-6-7-11(12)9-14/h11-13H,4-10,14H2,1-3H3. The Morgan fingerprint density at radius 1 is 1.24 bits per heavy atom. The zero-order chi connectivity index (χ0) is 12.7. The van der Waals surface area contributed by atoms with Crippen LogP contribution in [0.2, 0.25) is 0 Å². The van der Waals surface area contributed by atoms with Crippen molar-refractivity contribution in [3.63, 3.8) is 0 Å². The average Bonchev–Trinajstić information content (AvgIpc) is 2.77. The SMILES string of the molecule is CCOC(CN(C)C1CCCC1CN)OCC. The van der Waals surface area contributed by atoms with E-state index in [1.807, 2.05) is 13.8 Å². The molecule has 17 heavy (non-hydrogen) atoms. The van der Waals surface area contributed by atoms with Gasteiger partial charge >= 0.3 is 0 Å². The molecule has 1 rings (SSSR count). The van der Waals surface area contributed by atoms with Crippen LogP contribution in [0.1, 0.15) is 33.1 Å². The lowest BCUT2D eigenvalue weighted by molar-refractivity contribution is -0.149. The van der Waals surface area contributed by atoms with E-state index in [0.29, 0.717) is 25.2 Å². The molecule has 1 fully saturated rings. The molecule has 102 valence electrons. The highest BCUT2D eigenvalue weighted by atomic mass is 16.7. The fourth-order valence-corrected chi connectivity index (χ4v) is 2.77. The van der Waals surface area contributed by atoms with Gasteiger partial charge in [0.25, 0.3) is 0 Å². The lowest BCUT2D eigenvalue weighted by Crippen LogP contribution is -2.43. The molecule has 0 heterocycles. The maximum Gasteiger partial charge on any atom is 0.170 e. The van der Waals surface area contributed by atoms with Crippen LogP contribution in [0.15, 0.2) is 0 Å². The highest BCUT2D eigenvalue weighted by Gasteiger charge is 2.30. The molecule has 4 heteroatoms. The van der Waals surface area contributed by atoms with Gasteiger partial charge in [0.15, 0.2) is 6.29 Å². The zero-order valence-electron chi connectivity index (χ0n) is 11.5. The second kappa shape index (κ2) is 8.03. The molecule has 0 aromatic carbocycles. The molecule has 1 saturated carbocycles. The zero-order valence-corrected chi connectivity index (χ0v) is 11.5. The van der Waals surface area contributed by atoms with Crippen molar-refractivity contribution >= 4 is 0 Å². The molecular weight excluding hydrogens is 216 g/mol. The van der Waals surface area contributed by atoms with Crippen molar-refractivity contribution in [3.8, 4) is 0 Å². The van der Waals surface area contributed by atoms with Crippen molar-refractivity contribution in [2.45, 2.75) is 45.4 Å². The first-order valence-corrected chi connectivity index (χ1v) is 6.86. The third kappa shape index (κ3) is 4.54. The lowest BCUT2D eigenvalue weighted by atomic mass is 10.0. The number of hydrogen-bond donors (Lipinski definition) is 1. The largest absolute Gasteiger partial charge is 0.352 e. The van der Waals surface area contributed by atoms with E-state index in [9.17, 15) is 0 Å². The van der Waals surface area contributed by atoms with Crippen molar-refractivity contribution in [2.24, 2.45) is 11.7 Å². The Morgan fingerprint density at radius 3 is 2.41 bits per heavy atom. The third-order valence-corrected chi connectivity index (χ3v) is 3.63. The number of rotatable bonds is 8. The molecule has 0 radical (unpaired) electrons. The highest BCUT2D eigenvalue weighted by molar-refractivity contribution is 4.84. The molecule has 2 N–H and O–H groups in total. The summed E-state index contributed by atoms with van der Waals surface area (Å²) in [6, 6.07) is 0.600. The quantitative estimate of drug-likeness (QED) is 0.656. The first-order chi connectivity index (χ1) is 8.22. The predicted molar refractivity (Wildman–Crippen MR) is 69.9 cm³/mol. The Morgan fingerprint density at radius 2 is 1.88 bits per heavy atom. The smallest absolute Gasteiger partial charge is 0.170 e. The summed E-state index contributed by atoms with van der Waals surface area (Å²) < 4.78 is 11.2. The number of likely N-dealkylation sites (N-methyl/N-ethyl adjacent to an activating group) is 1. The van der Waals surface area contributed by atoms with Crippen LogP contribution >= 0.6 is 0 Å². The van der Waals surface area contributed by atoms with Gasteiger partial charge in [-0.15, -0.1) is 0 Å². The molecule has 0 aromatic rings. The molecule has 2 unspecified atom stereocenters. The first kappa shape index (κ1) is 14.9. The fourth-order valence-electron chi connectivity index (χ4n) is 2.77. The average molecular weight is 244 g/mol. The van der Waals surface area contributed by atoms with Crippen LogP contribution in [0.5, 0.6) is 0 Å². The number of nitrogens with two attached hydrogens (primary N) is 1. The minimum absolute atomic E-state index is 0.103. The molecule has 0 saturated heterocycles. The van der Waals surface area contributed by atoms with Gasteiger partial charge in [0.1, 0.15) is 0 Å². The van der Waals surface area contributed by atoms with E-state index in [0.717, 1.165) is 13.1 Å². The maximum atomic E-state index is 5.82. The van der Waals surface area contributed by atoms with Gasteiger partial charge in [0.05, 0.1) is 0 Å². The molecule has 1 aliphatic carbocycles. The molecule has 0 bridgehead atoms. The number of nitrogens with zero attached hydrogens (tertiary/aromatic N) is 1. The summed E-state index contributed by atoms with van der Waals surface area (Å²) in [6.07, 6.45) is 3.71. The summed E-state index contributed by atoms with van der Waals surface area (Å²) in [5, 5.41) is 0. The summed E-state index contributed by atoms with van der Waals surface area (Å²) in [5.41, 5.74) is 5.82. The van der Waals surface area contributed by atoms with E-state index in [1.54, 1.807) is 0 Å². The molecule has 4 nitrogen and oxygen atoms in total. The fraction of sp³-hybridized carbons (Fsp3) is 1.00. The van der Waals surface area contributed by atoms with Gasteiger partial charge in [-0.1, -0.05) is 6.42 Å². The van der Waals surface area contributed by atoms with Gasteiger partial charge < -0.3 is 15.2 Å². The number of hydrogen-bond acceptors (Lipinski definition) is 4. The molecule has 0 aliphatic heterocycles. The Hall–Kier alpha value is -0.160. The molecule has 2 atom stereocenters. The van der Waals surface area contributed by atoms with Gasteiger partial charge in [-0.05, 0) is 46.2 Å². The van der Waals surface area contributed by atoms with E-state index in [1.165, 1.54) is 19.3 Å². The summed E-state index contributed by atoms with van der Waals surface area (Å²) >= 11 is 0. The van der Waals surface area contributed by atoms with Crippen molar-refractivity contribution in [1.82, 2.24) is 4.90 Å². The summed E-state index contributed by atoms with van der Waals surface area (Å²) in [7, 11) is 2.16. The van der Waals surface area contributed by atoms with E-state index >= 15 is 0 Å². The second-order valence-electron chi connectivity index (χ2n) is 4.77. The van der Waals surface area contributed by atoms with Crippen molar-refractivity contribution in [3.05, 3.63) is 0 Å². The van der Waals surface area contributed by atoms with Crippen LogP contribution in [-0.2, 0) is 9.47 Å². The van der Waals surface area contributed by atoms with Crippen LogP contribution in [0.3, 0.4) is 0 Å². The van der Waals surface area contributed by atoms with Crippen LogP contribution < -0.4 is 5.73 Å². The van der Waals surface area contributed by atoms with Crippen molar-refractivity contribution in [1.29, 1.82) is 0 Å². The molecule has 0 spiro atoms. The Labute approximate surface area is 105 Å². The molecular formula is C13H28N2O2. The van der Waals surface area contributed by atoms with E-state index in [-0.39, 0.29) is 6.29 Å². The summed E-state index contributed by atoms with van der Waals surface area (Å²) in [5.74, 6) is 0.643. The third-order valence-electron chi connectivity index (χ3n) is 3.63. The van der Waals surface area contributed by atoms with Crippen LogP contribution in [0.25, 0.3) is 0 Å². The normalized spacial score (nSPS) is 25.1. The van der Waals surface area contributed by atoms with Crippen LogP contribution in [0, 0.1) is 5.92 Å². The van der Waals surface area contributed by atoms with Crippen LogP contribution in [-0.4, -0.2) is 50.6 Å². The number of ether oxygens (including phenoxy) is 2. The van der Waals surface area contributed by atoms with Crippen LogP contribution in [0.4, 0.5) is 0 Å². The van der Waals surface area contributed by atoms with Gasteiger partial charge in [0.2, 0.25) is 0 Å². The predicted octanol–water partition coefficient (Wildman–Crippen LogP) is 1.44. The van der Waals surface area contributed by atoms with Crippen molar-refractivity contribution < 1.29 is 9.47 Å².